The summed E-state index contributed by atoms with van der Waals surface area (Å²) in [6.45, 7) is 2.04. The van der Waals surface area contributed by atoms with E-state index in [4.69, 9.17) is 0 Å². The van der Waals surface area contributed by atoms with Gasteiger partial charge in [0.05, 0.1) is 0 Å². The van der Waals surface area contributed by atoms with Crippen LogP contribution in [0.3, 0.4) is 0 Å². The highest BCUT2D eigenvalue weighted by molar-refractivity contribution is 5.90. The molecule has 21 heavy (non-hydrogen) atoms. The van der Waals surface area contributed by atoms with Gasteiger partial charge in [0, 0.05) is 11.1 Å². The first-order valence-electron chi connectivity index (χ1n) is 6.85. The Kier molecular flexibility index (Phi) is 3.36. The molecule has 3 aromatic carbocycles. The van der Waals surface area contributed by atoms with Gasteiger partial charge in [-0.15, -0.1) is 0 Å². The zero-order valence-corrected chi connectivity index (χ0v) is 11.7. The first-order valence-corrected chi connectivity index (χ1v) is 6.85. The Morgan fingerprint density at radius 3 is 1.86 bits per heavy atom. The van der Waals surface area contributed by atoms with Gasteiger partial charge in [0.2, 0.25) is 0 Å². The van der Waals surface area contributed by atoms with E-state index in [-0.39, 0.29) is 11.5 Å². The number of rotatable bonds is 2. The van der Waals surface area contributed by atoms with Crippen LogP contribution in [0.25, 0.3) is 22.3 Å². The van der Waals surface area contributed by atoms with E-state index in [2.05, 4.69) is 0 Å². The molecule has 3 aromatic rings. The molecule has 2 nitrogen and oxygen atoms in total. The summed E-state index contributed by atoms with van der Waals surface area (Å²) in [6, 6.07) is 20.5. The van der Waals surface area contributed by atoms with Crippen molar-refractivity contribution in [3.05, 3.63) is 72.3 Å². The highest BCUT2D eigenvalue weighted by atomic mass is 16.3. The van der Waals surface area contributed by atoms with Crippen LogP contribution >= 0.6 is 0 Å². The van der Waals surface area contributed by atoms with Crippen LogP contribution in [-0.4, -0.2) is 10.2 Å². The predicted octanol–water partition coefficient (Wildman–Crippen LogP) is 4.74. The monoisotopic (exact) mass is 276 g/mol. The number of hydrogen-bond acceptors (Lipinski definition) is 2. The van der Waals surface area contributed by atoms with E-state index in [1.165, 1.54) is 0 Å². The Morgan fingerprint density at radius 1 is 0.571 bits per heavy atom. The van der Waals surface area contributed by atoms with Crippen LogP contribution in [0.1, 0.15) is 5.56 Å². The summed E-state index contributed by atoms with van der Waals surface area (Å²) in [5, 5.41) is 20.4. The number of hydrogen-bond donors (Lipinski definition) is 2. The Balaban J connectivity index is 2.32. The first-order chi connectivity index (χ1) is 10.2. The Hall–Kier alpha value is -2.74. The molecular formula is C19H16O2. The van der Waals surface area contributed by atoms with Gasteiger partial charge in [-0.2, -0.15) is 0 Å². The molecule has 0 atom stereocenters. The summed E-state index contributed by atoms with van der Waals surface area (Å²) in [4.78, 5) is 0. The van der Waals surface area contributed by atoms with Gasteiger partial charge in [0.25, 0.3) is 0 Å². The first kappa shape index (κ1) is 13.3. The maximum absolute atomic E-state index is 10.3. The lowest BCUT2D eigenvalue weighted by Gasteiger charge is -2.14. The van der Waals surface area contributed by atoms with E-state index < -0.39 is 0 Å². The zero-order chi connectivity index (χ0) is 14.8. The second-order valence-electron chi connectivity index (χ2n) is 5.03. The highest BCUT2D eigenvalue weighted by Gasteiger charge is 2.15. The average molecular weight is 276 g/mol. The van der Waals surface area contributed by atoms with Crippen LogP contribution in [-0.2, 0) is 0 Å². The number of para-hydroxylation sites is 1. The minimum absolute atomic E-state index is 0.161. The zero-order valence-electron chi connectivity index (χ0n) is 11.7. The molecule has 0 radical (unpaired) electrons. The number of aromatic hydroxyl groups is 2. The highest BCUT2D eigenvalue weighted by Crippen LogP contribution is 2.42. The SMILES string of the molecule is Cc1ccccc1-c1cccc(O)c1-c1ccccc1O. The van der Waals surface area contributed by atoms with Gasteiger partial charge < -0.3 is 10.2 Å². The second kappa shape index (κ2) is 5.33. The van der Waals surface area contributed by atoms with E-state index in [0.29, 0.717) is 11.1 Å². The fraction of sp³-hybridized carbons (Fsp3) is 0.0526. The smallest absolute Gasteiger partial charge is 0.124 e. The normalized spacial score (nSPS) is 10.5. The number of aryl methyl sites for hydroxylation is 1. The number of benzene rings is 3. The Bertz CT molecular complexity index is 791. The maximum Gasteiger partial charge on any atom is 0.124 e. The van der Waals surface area contributed by atoms with E-state index >= 15 is 0 Å². The van der Waals surface area contributed by atoms with Gasteiger partial charge in [0.15, 0.2) is 0 Å². The van der Waals surface area contributed by atoms with Crippen molar-refractivity contribution < 1.29 is 10.2 Å². The van der Waals surface area contributed by atoms with Crippen molar-refractivity contribution in [2.45, 2.75) is 6.92 Å². The van der Waals surface area contributed by atoms with Crippen molar-refractivity contribution in [3.8, 4) is 33.8 Å². The predicted molar refractivity (Wildman–Crippen MR) is 85.4 cm³/mol. The molecule has 104 valence electrons. The molecule has 0 heterocycles. The van der Waals surface area contributed by atoms with Crippen molar-refractivity contribution in [1.29, 1.82) is 0 Å². The van der Waals surface area contributed by atoms with Gasteiger partial charge in [-0.3, -0.25) is 0 Å². The molecule has 0 amide bonds. The number of phenolic OH excluding ortho intramolecular Hbond substituents is 2. The molecular weight excluding hydrogens is 260 g/mol. The second-order valence-corrected chi connectivity index (χ2v) is 5.03. The standard InChI is InChI=1S/C19H16O2/c1-13-7-2-3-8-14(13)15-10-6-12-18(21)19(15)16-9-4-5-11-17(16)20/h2-12,20-21H,1H3. The summed E-state index contributed by atoms with van der Waals surface area (Å²) in [5.41, 5.74) is 4.37. The third kappa shape index (κ3) is 2.36. The maximum atomic E-state index is 10.3. The molecule has 0 aliphatic rings. The molecule has 0 unspecified atom stereocenters. The van der Waals surface area contributed by atoms with E-state index in [9.17, 15) is 10.2 Å². The lowest BCUT2D eigenvalue weighted by Crippen LogP contribution is -1.89. The van der Waals surface area contributed by atoms with Crippen LogP contribution in [0.2, 0.25) is 0 Å². The van der Waals surface area contributed by atoms with Gasteiger partial charge in [-0.05, 0) is 35.7 Å². The largest absolute Gasteiger partial charge is 0.507 e. The van der Waals surface area contributed by atoms with Gasteiger partial charge >= 0.3 is 0 Å². The lowest BCUT2D eigenvalue weighted by molar-refractivity contribution is 0.469. The molecule has 2 heteroatoms. The minimum Gasteiger partial charge on any atom is -0.507 e. The summed E-state index contributed by atoms with van der Waals surface area (Å²) >= 11 is 0. The van der Waals surface area contributed by atoms with Crippen molar-refractivity contribution in [2.75, 3.05) is 0 Å². The fourth-order valence-corrected chi connectivity index (χ4v) is 2.61. The van der Waals surface area contributed by atoms with Gasteiger partial charge in [-0.25, -0.2) is 0 Å². The molecule has 2 N–H and O–H groups in total. The fourth-order valence-electron chi connectivity index (χ4n) is 2.61. The lowest BCUT2D eigenvalue weighted by atomic mass is 9.91. The van der Waals surface area contributed by atoms with E-state index in [1.54, 1.807) is 18.2 Å². The molecule has 0 fully saturated rings. The molecule has 0 bridgehead atoms. The summed E-state index contributed by atoms with van der Waals surface area (Å²) < 4.78 is 0. The molecule has 0 spiro atoms. The quantitative estimate of drug-likeness (QED) is 0.709. The van der Waals surface area contributed by atoms with E-state index in [1.807, 2.05) is 55.5 Å². The van der Waals surface area contributed by atoms with Crippen molar-refractivity contribution >= 4 is 0 Å². The van der Waals surface area contributed by atoms with Crippen LogP contribution in [0.15, 0.2) is 66.7 Å². The Morgan fingerprint density at radius 2 is 1.14 bits per heavy atom. The topological polar surface area (TPSA) is 40.5 Å². The molecule has 0 aliphatic carbocycles. The summed E-state index contributed by atoms with van der Waals surface area (Å²) in [6.07, 6.45) is 0. The minimum atomic E-state index is 0.161. The van der Waals surface area contributed by atoms with E-state index in [0.717, 1.165) is 16.7 Å². The third-order valence-corrected chi connectivity index (χ3v) is 3.65. The molecule has 0 aromatic heterocycles. The van der Waals surface area contributed by atoms with Crippen molar-refractivity contribution in [3.63, 3.8) is 0 Å². The van der Waals surface area contributed by atoms with Gasteiger partial charge in [-0.1, -0.05) is 54.6 Å². The van der Waals surface area contributed by atoms with Crippen molar-refractivity contribution in [1.82, 2.24) is 0 Å². The summed E-state index contributed by atoms with van der Waals surface area (Å²) in [7, 11) is 0. The van der Waals surface area contributed by atoms with Crippen LogP contribution in [0, 0.1) is 6.92 Å². The summed E-state index contributed by atoms with van der Waals surface area (Å²) in [5.74, 6) is 0.325. The molecule has 0 saturated heterocycles. The van der Waals surface area contributed by atoms with Crippen molar-refractivity contribution in [2.24, 2.45) is 0 Å². The van der Waals surface area contributed by atoms with Crippen LogP contribution < -0.4 is 0 Å². The Labute approximate surface area is 123 Å². The van der Waals surface area contributed by atoms with Crippen LogP contribution in [0.5, 0.6) is 11.5 Å². The third-order valence-electron chi connectivity index (χ3n) is 3.65. The number of phenols is 2. The molecule has 0 saturated carbocycles. The van der Waals surface area contributed by atoms with Gasteiger partial charge in [0.1, 0.15) is 11.5 Å². The molecule has 0 aliphatic heterocycles. The molecule has 3 rings (SSSR count). The average Bonchev–Trinajstić information content (AvgIpc) is 2.49. The van der Waals surface area contributed by atoms with Crippen LogP contribution in [0.4, 0.5) is 0 Å².